The van der Waals surface area contributed by atoms with Crippen LogP contribution < -0.4 is 0 Å². The highest BCUT2D eigenvalue weighted by Crippen LogP contribution is 2.30. The molecular formula is C9H14BrN3O2S. The molecule has 1 aromatic rings. The SMILES string of the molecule is CC1CCN(S(=O)(=O)c2cnc[nH]2)C1CBr. The van der Waals surface area contributed by atoms with Gasteiger partial charge in [-0.2, -0.15) is 4.31 Å². The predicted molar refractivity (Wildman–Crippen MR) is 63.8 cm³/mol. The van der Waals surface area contributed by atoms with E-state index in [9.17, 15) is 8.42 Å². The van der Waals surface area contributed by atoms with Crippen LogP contribution in [0.25, 0.3) is 0 Å². The highest BCUT2D eigenvalue weighted by atomic mass is 79.9. The molecule has 0 aromatic carbocycles. The Hall–Kier alpha value is -0.400. The molecule has 1 aliphatic rings. The van der Waals surface area contributed by atoms with Crippen molar-refractivity contribution in [1.29, 1.82) is 0 Å². The van der Waals surface area contributed by atoms with Crippen molar-refractivity contribution in [2.24, 2.45) is 5.92 Å². The standard InChI is InChI=1S/C9H14BrN3O2S/c1-7-2-3-13(8(7)4-10)16(14,15)9-5-11-6-12-9/h5-8H,2-4H2,1H3,(H,11,12). The third-order valence-corrected chi connectivity index (χ3v) is 5.56. The van der Waals surface area contributed by atoms with E-state index in [2.05, 4.69) is 32.8 Å². The molecule has 2 heterocycles. The van der Waals surface area contributed by atoms with Crippen molar-refractivity contribution in [1.82, 2.24) is 14.3 Å². The van der Waals surface area contributed by atoms with Crippen molar-refractivity contribution in [2.45, 2.75) is 24.4 Å². The van der Waals surface area contributed by atoms with Gasteiger partial charge in [-0.05, 0) is 12.3 Å². The lowest BCUT2D eigenvalue weighted by Gasteiger charge is -2.23. The predicted octanol–water partition coefficient (Wildman–Crippen LogP) is 1.20. The van der Waals surface area contributed by atoms with Crippen LogP contribution >= 0.6 is 15.9 Å². The van der Waals surface area contributed by atoms with Gasteiger partial charge in [0.2, 0.25) is 0 Å². The van der Waals surface area contributed by atoms with Crippen LogP contribution in [-0.2, 0) is 10.0 Å². The molecule has 0 aliphatic carbocycles. The third kappa shape index (κ3) is 1.91. The van der Waals surface area contributed by atoms with Gasteiger partial charge in [-0.25, -0.2) is 13.4 Å². The molecule has 0 radical (unpaired) electrons. The van der Waals surface area contributed by atoms with Crippen LogP contribution in [0.5, 0.6) is 0 Å². The van der Waals surface area contributed by atoms with E-state index in [1.807, 2.05) is 0 Å². The Morgan fingerprint density at radius 3 is 3.00 bits per heavy atom. The van der Waals surface area contributed by atoms with Crippen LogP contribution in [0.1, 0.15) is 13.3 Å². The van der Waals surface area contributed by atoms with Gasteiger partial charge in [0.1, 0.15) is 0 Å². The molecule has 1 fully saturated rings. The second kappa shape index (κ2) is 4.46. The number of alkyl halides is 1. The van der Waals surface area contributed by atoms with Gasteiger partial charge in [0.25, 0.3) is 10.0 Å². The molecule has 5 nitrogen and oxygen atoms in total. The number of aromatic amines is 1. The Morgan fingerprint density at radius 1 is 1.69 bits per heavy atom. The second-order valence-corrected chi connectivity index (χ2v) is 6.53. The van der Waals surface area contributed by atoms with E-state index in [0.717, 1.165) is 6.42 Å². The highest BCUT2D eigenvalue weighted by molar-refractivity contribution is 9.09. The lowest BCUT2D eigenvalue weighted by atomic mass is 10.1. The van der Waals surface area contributed by atoms with Crippen molar-refractivity contribution >= 4 is 26.0 Å². The summed E-state index contributed by atoms with van der Waals surface area (Å²) in [6.45, 7) is 2.66. The van der Waals surface area contributed by atoms with E-state index < -0.39 is 10.0 Å². The number of rotatable bonds is 3. The second-order valence-electron chi connectivity index (χ2n) is 4.02. The smallest absolute Gasteiger partial charge is 0.260 e. The first-order valence-corrected chi connectivity index (χ1v) is 7.69. The lowest BCUT2D eigenvalue weighted by molar-refractivity contribution is 0.377. The minimum absolute atomic E-state index is 0.0355. The number of nitrogens with zero attached hydrogens (tertiary/aromatic N) is 2. The van der Waals surface area contributed by atoms with E-state index in [1.54, 1.807) is 4.31 Å². The number of H-pyrrole nitrogens is 1. The fourth-order valence-electron chi connectivity index (χ4n) is 2.01. The monoisotopic (exact) mass is 307 g/mol. The quantitative estimate of drug-likeness (QED) is 0.853. The number of nitrogens with one attached hydrogen (secondary N) is 1. The van der Waals surface area contributed by atoms with Gasteiger partial charge in [0, 0.05) is 17.9 Å². The Labute approximate surface area is 103 Å². The van der Waals surface area contributed by atoms with Gasteiger partial charge >= 0.3 is 0 Å². The Balaban J connectivity index is 2.32. The molecule has 1 saturated heterocycles. The van der Waals surface area contributed by atoms with E-state index in [0.29, 0.717) is 17.8 Å². The summed E-state index contributed by atoms with van der Waals surface area (Å²) in [5.74, 6) is 0.386. The van der Waals surface area contributed by atoms with Crippen LogP contribution in [-0.4, -0.2) is 40.6 Å². The summed E-state index contributed by atoms with van der Waals surface area (Å²) in [6, 6.07) is 0.0355. The van der Waals surface area contributed by atoms with Gasteiger partial charge in [-0.3, -0.25) is 0 Å². The van der Waals surface area contributed by atoms with Gasteiger partial charge in [0.05, 0.1) is 12.5 Å². The first-order valence-electron chi connectivity index (χ1n) is 5.13. The summed E-state index contributed by atoms with van der Waals surface area (Å²) in [4.78, 5) is 6.41. The number of imidazole rings is 1. The molecule has 16 heavy (non-hydrogen) atoms. The normalized spacial score (nSPS) is 27.4. The summed E-state index contributed by atoms with van der Waals surface area (Å²) >= 11 is 3.38. The van der Waals surface area contributed by atoms with Gasteiger partial charge in [-0.15, -0.1) is 0 Å². The molecule has 0 saturated carbocycles. The van der Waals surface area contributed by atoms with Crippen LogP contribution in [0.2, 0.25) is 0 Å². The molecule has 0 amide bonds. The lowest BCUT2D eigenvalue weighted by Crippen LogP contribution is -2.38. The number of sulfonamides is 1. The fourth-order valence-corrected chi connectivity index (χ4v) is 4.82. The maximum absolute atomic E-state index is 12.2. The molecule has 2 rings (SSSR count). The molecule has 90 valence electrons. The Morgan fingerprint density at radius 2 is 2.44 bits per heavy atom. The van der Waals surface area contributed by atoms with E-state index >= 15 is 0 Å². The summed E-state index contributed by atoms with van der Waals surface area (Å²) in [6.07, 6.45) is 3.64. The van der Waals surface area contributed by atoms with Gasteiger partial charge < -0.3 is 4.98 Å². The Kier molecular flexibility index (Phi) is 3.37. The summed E-state index contributed by atoms with van der Waals surface area (Å²) in [5, 5.41) is 0.842. The Bertz CT molecular complexity index is 445. The van der Waals surface area contributed by atoms with Crippen molar-refractivity contribution in [3.8, 4) is 0 Å². The van der Waals surface area contributed by atoms with E-state index in [1.165, 1.54) is 12.5 Å². The van der Waals surface area contributed by atoms with Crippen molar-refractivity contribution in [2.75, 3.05) is 11.9 Å². The third-order valence-electron chi connectivity index (χ3n) is 3.05. The molecular weight excluding hydrogens is 294 g/mol. The van der Waals surface area contributed by atoms with Crippen LogP contribution in [0.4, 0.5) is 0 Å². The minimum atomic E-state index is -3.40. The van der Waals surface area contributed by atoms with Gasteiger partial charge in [0.15, 0.2) is 5.03 Å². The minimum Gasteiger partial charge on any atom is -0.335 e. The number of hydrogen-bond acceptors (Lipinski definition) is 3. The van der Waals surface area contributed by atoms with Crippen molar-refractivity contribution in [3.05, 3.63) is 12.5 Å². The average Bonchev–Trinajstić information content (AvgIpc) is 2.85. The zero-order chi connectivity index (χ0) is 11.8. The van der Waals surface area contributed by atoms with Crippen LogP contribution in [0.15, 0.2) is 17.6 Å². The highest BCUT2D eigenvalue weighted by Gasteiger charge is 2.39. The molecule has 1 N–H and O–H groups in total. The average molecular weight is 308 g/mol. The number of hydrogen-bond donors (Lipinski definition) is 1. The summed E-state index contributed by atoms with van der Waals surface area (Å²) in [7, 11) is -3.40. The van der Waals surface area contributed by atoms with E-state index in [-0.39, 0.29) is 11.1 Å². The van der Waals surface area contributed by atoms with E-state index in [4.69, 9.17) is 0 Å². The van der Waals surface area contributed by atoms with Gasteiger partial charge in [-0.1, -0.05) is 22.9 Å². The molecule has 0 bridgehead atoms. The van der Waals surface area contributed by atoms with Crippen LogP contribution in [0.3, 0.4) is 0 Å². The largest absolute Gasteiger partial charge is 0.335 e. The van der Waals surface area contributed by atoms with Crippen molar-refractivity contribution < 1.29 is 8.42 Å². The molecule has 1 aliphatic heterocycles. The molecule has 0 spiro atoms. The zero-order valence-electron chi connectivity index (χ0n) is 8.93. The fraction of sp³-hybridized carbons (Fsp3) is 0.667. The first-order chi connectivity index (χ1) is 7.57. The summed E-state index contributed by atoms with van der Waals surface area (Å²) < 4.78 is 26.0. The topological polar surface area (TPSA) is 66.1 Å². The molecule has 2 atom stereocenters. The zero-order valence-corrected chi connectivity index (χ0v) is 11.3. The maximum atomic E-state index is 12.2. The number of aromatic nitrogens is 2. The molecule has 7 heteroatoms. The summed E-state index contributed by atoms with van der Waals surface area (Å²) in [5.41, 5.74) is 0. The first kappa shape index (κ1) is 12.1. The molecule has 2 unspecified atom stereocenters. The number of halogens is 1. The maximum Gasteiger partial charge on any atom is 0.260 e. The molecule has 1 aromatic heterocycles. The van der Waals surface area contributed by atoms with Crippen molar-refractivity contribution in [3.63, 3.8) is 0 Å². The van der Waals surface area contributed by atoms with Crippen LogP contribution in [0, 0.1) is 5.92 Å².